The first kappa shape index (κ1) is 17.9. The molecule has 0 aromatic rings. The fraction of sp³-hybridized carbons (Fsp3) is 0.867. The summed E-state index contributed by atoms with van der Waals surface area (Å²) in [7, 11) is 1.60. The number of rotatable bonds is 8. The number of carbonyl (C=O) groups is 2. The zero-order valence-corrected chi connectivity index (χ0v) is 13.4. The van der Waals surface area contributed by atoms with Crippen LogP contribution in [0.4, 0.5) is 0 Å². The van der Waals surface area contributed by atoms with Gasteiger partial charge in [-0.1, -0.05) is 13.8 Å². The number of hydrogen-bond acceptors (Lipinski definition) is 4. The molecular weight excluding hydrogens is 270 g/mol. The summed E-state index contributed by atoms with van der Waals surface area (Å²) in [6.07, 6.45) is 2.27. The Morgan fingerprint density at radius 2 is 1.95 bits per heavy atom. The van der Waals surface area contributed by atoms with E-state index < -0.39 is 6.04 Å². The molecule has 1 heterocycles. The van der Waals surface area contributed by atoms with E-state index in [1.165, 1.54) is 0 Å². The quantitative estimate of drug-likeness (QED) is 0.563. The molecule has 0 aromatic carbocycles. The van der Waals surface area contributed by atoms with Crippen molar-refractivity contribution in [3.8, 4) is 0 Å². The maximum Gasteiger partial charge on any atom is 0.242 e. The van der Waals surface area contributed by atoms with Crippen molar-refractivity contribution >= 4 is 11.8 Å². The van der Waals surface area contributed by atoms with Crippen LogP contribution in [-0.4, -0.2) is 51.2 Å². The van der Waals surface area contributed by atoms with Gasteiger partial charge in [-0.25, -0.2) is 0 Å². The maximum atomic E-state index is 12.3. The van der Waals surface area contributed by atoms with Gasteiger partial charge in [-0.3, -0.25) is 9.59 Å². The van der Waals surface area contributed by atoms with E-state index in [9.17, 15) is 9.59 Å². The Hall–Kier alpha value is -1.14. The maximum absolute atomic E-state index is 12.3. The largest absolute Gasteiger partial charge is 0.383 e. The van der Waals surface area contributed by atoms with Crippen molar-refractivity contribution in [1.29, 1.82) is 0 Å². The van der Waals surface area contributed by atoms with Crippen LogP contribution in [0.3, 0.4) is 0 Å². The molecule has 1 unspecified atom stereocenters. The van der Waals surface area contributed by atoms with Crippen LogP contribution in [0.1, 0.15) is 33.1 Å². The number of ether oxygens (including phenoxy) is 1. The summed E-state index contributed by atoms with van der Waals surface area (Å²) in [5.41, 5.74) is 0. The van der Waals surface area contributed by atoms with Gasteiger partial charge in [0.05, 0.1) is 6.61 Å². The highest BCUT2D eigenvalue weighted by Crippen LogP contribution is 2.17. The van der Waals surface area contributed by atoms with Gasteiger partial charge in [0.2, 0.25) is 11.8 Å². The molecule has 21 heavy (non-hydrogen) atoms. The summed E-state index contributed by atoms with van der Waals surface area (Å²) in [4.78, 5) is 24.3. The van der Waals surface area contributed by atoms with Gasteiger partial charge < -0.3 is 20.7 Å². The molecule has 0 radical (unpaired) electrons. The molecule has 0 saturated carbocycles. The first-order valence-electron chi connectivity index (χ1n) is 7.81. The van der Waals surface area contributed by atoms with Crippen molar-refractivity contribution in [3.63, 3.8) is 0 Å². The predicted molar refractivity (Wildman–Crippen MR) is 81.9 cm³/mol. The summed E-state index contributed by atoms with van der Waals surface area (Å²) in [6, 6.07) is -0.435. The average molecular weight is 299 g/mol. The van der Waals surface area contributed by atoms with E-state index in [-0.39, 0.29) is 23.7 Å². The van der Waals surface area contributed by atoms with Gasteiger partial charge in [-0.05, 0) is 37.8 Å². The topological polar surface area (TPSA) is 79.5 Å². The van der Waals surface area contributed by atoms with Crippen molar-refractivity contribution in [2.75, 3.05) is 33.4 Å². The van der Waals surface area contributed by atoms with Crippen molar-refractivity contribution in [2.45, 2.75) is 39.2 Å². The molecule has 2 amide bonds. The third-order valence-electron chi connectivity index (χ3n) is 3.65. The molecule has 0 aromatic heterocycles. The van der Waals surface area contributed by atoms with Crippen molar-refractivity contribution < 1.29 is 14.3 Å². The van der Waals surface area contributed by atoms with E-state index in [1.807, 2.05) is 13.8 Å². The van der Waals surface area contributed by atoms with E-state index in [1.54, 1.807) is 7.11 Å². The van der Waals surface area contributed by atoms with E-state index >= 15 is 0 Å². The molecule has 1 atom stereocenters. The normalized spacial score (nSPS) is 17.5. The van der Waals surface area contributed by atoms with Gasteiger partial charge in [-0.2, -0.15) is 0 Å². The van der Waals surface area contributed by atoms with E-state index in [0.29, 0.717) is 19.6 Å². The first-order valence-corrected chi connectivity index (χ1v) is 7.81. The zero-order chi connectivity index (χ0) is 15.7. The highest BCUT2D eigenvalue weighted by atomic mass is 16.5. The molecule has 1 aliphatic heterocycles. The predicted octanol–water partition coefficient (Wildman–Crippen LogP) is 0.280. The summed E-state index contributed by atoms with van der Waals surface area (Å²) in [5.74, 6) is 0.339. The number of piperidine rings is 1. The van der Waals surface area contributed by atoms with Crippen LogP contribution >= 0.6 is 0 Å². The Morgan fingerprint density at radius 3 is 2.52 bits per heavy atom. The number of carbonyl (C=O) groups excluding carboxylic acids is 2. The Balaban J connectivity index is 2.59. The fourth-order valence-electron chi connectivity index (χ4n) is 2.56. The van der Waals surface area contributed by atoms with Crippen LogP contribution in [0.5, 0.6) is 0 Å². The molecule has 122 valence electrons. The molecule has 1 fully saturated rings. The van der Waals surface area contributed by atoms with Crippen molar-refractivity contribution in [1.82, 2.24) is 16.0 Å². The Bertz CT molecular complexity index is 328. The summed E-state index contributed by atoms with van der Waals surface area (Å²) in [6.45, 7) is 6.73. The molecule has 0 bridgehead atoms. The molecule has 6 heteroatoms. The fourth-order valence-corrected chi connectivity index (χ4v) is 2.56. The standard InChI is InChI=1S/C15H29N3O3/c1-11(2)10-13(19)18-14(12-4-6-16-7-5-12)15(20)17-8-9-21-3/h11-12,14,16H,4-10H2,1-3H3,(H,17,20)(H,18,19). The van der Waals surface area contributed by atoms with Gasteiger partial charge in [0.1, 0.15) is 6.04 Å². The second kappa shape index (κ2) is 9.73. The van der Waals surface area contributed by atoms with Gasteiger partial charge >= 0.3 is 0 Å². The lowest BCUT2D eigenvalue weighted by molar-refractivity contribution is -0.131. The number of hydrogen-bond donors (Lipinski definition) is 3. The zero-order valence-electron chi connectivity index (χ0n) is 13.4. The van der Waals surface area contributed by atoms with Gasteiger partial charge in [0.25, 0.3) is 0 Å². The van der Waals surface area contributed by atoms with Crippen LogP contribution in [-0.2, 0) is 14.3 Å². The monoisotopic (exact) mass is 299 g/mol. The second-order valence-corrected chi connectivity index (χ2v) is 6.01. The SMILES string of the molecule is COCCNC(=O)C(NC(=O)CC(C)C)C1CCNCC1. The van der Waals surface area contributed by atoms with Crippen LogP contribution in [0.25, 0.3) is 0 Å². The third kappa shape index (κ3) is 6.91. The minimum atomic E-state index is -0.435. The average Bonchev–Trinajstić information content (AvgIpc) is 2.45. The molecule has 0 aliphatic carbocycles. The van der Waals surface area contributed by atoms with Gasteiger partial charge in [-0.15, -0.1) is 0 Å². The number of nitrogens with one attached hydrogen (secondary N) is 3. The molecule has 3 N–H and O–H groups in total. The molecular formula is C15H29N3O3. The molecule has 6 nitrogen and oxygen atoms in total. The van der Waals surface area contributed by atoms with Gasteiger partial charge in [0, 0.05) is 20.1 Å². The lowest BCUT2D eigenvalue weighted by atomic mass is 9.89. The summed E-state index contributed by atoms with van der Waals surface area (Å²) in [5, 5.41) is 9.05. The van der Waals surface area contributed by atoms with Crippen LogP contribution < -0.4 is 16.0 Å². The smallest absolute Gasteiger partial charge is 0.242 e. The van der Waals surface area contributed by atoms with E-state index in [4.69, 9.17) is 4.74 Å². The van der Waals surface area contributed by atoms with Crippen molar-refractivity contribution in [3.05, 3.63) is 0 Å². The number of methoxy groups -OCH3 is 1. The molecule has 1 saturated heterocycles. The Morgan fingerprint density at radius 1 is 1.29 bits per heavy atom. The Labute approximate surface area is 127 Å². The summed E-state index contributed by atoms with van der Waals surface area (Å²) >= 11 is 0. The Kier molecular flexibility index (Phi) is 8.30. The molecule has 1 rings (SSSR count). The van der Waals surface area contributed by atoms with E-state index in [2.05, 4.69) is 16.0 Å². The third-order valence-corrected chi connectivity index (χ3v) is 3.65. The lowest BCUT2D eigenvalue weighted by Crippen LogP contribution is -2.53. The van der Waals surface area contributed by atoms with Crippen LogP contribution in [0.15, 0.2) is 0 Å². The van der Waals surface area contributed by atoms with Crippen LogP contribution in [0, 0.1) is 11.8 Å². The second-order valence-electron chi connectivity index (χ2n) is 6.01. The van der Waals surface area contributed by atoms with E-state index in [0.717, 1.165) is 25.9 Å². The molecule has 0 spiro atoms. The van der Waals surface area contributed by atoms with Gasteiger partial charge in [0.15, 0.2) is 0 Å². The number of amides is 2. The molecule has 1 aliphatic rings. The highest BCUT2D eigenvalue weighted by Gasteiger charge is 2.30. The highest BCUT2D eigenvalue weighted by molar-refractivity contribution is 5.87. The van der Waals surface area contributed by atoms with Crippen molar-refractivity contribution in [2.24, 2.45) is 11.8 Å². The van der Waals surface area contributed by atoms with Crippen LogP contribution in [0.2, 0.25) is 0 Å². The summed E-state index contributed by atoms with van der Waals surface area (Å²) < 4.78 is 4.94. The minimum Gasteiger partial charge on any atom is -0.383 e. The lowest BCUT2D eigenvalue weighted by Gasteiger charge is -2.30. The minimum absolute atomic E-state index is 0.0459. The first-order chi connectivity index (χ1) is 10.0.